The molecule has 0 aliphatic carbocycles. The number of benzene rings is 3. The van der Waals surface area contributed by atoms with Crippen LogP contribution in [0.5, 0.6) is 5.75 Å². The number of amides is 1. The molecular formula is C26H28BrN3O4S2. The first-order chi connectivity index (χ1) is 17.2. The summed E-state index contributed by atoms with van der Waals surface area (Å²) in [6.07, 6.45) is 1.46. The van der Waals surface area contributed by atoms with Crippen LogP contribution in [0.3, 0.4) is 0 Å². The Balaban J connectivity index is 1.53. The molecule has 0 aromatic heterocycles. The molecule has 0 aliphatic rings. The van der Waals surface area contributed by atoms with Crippen LogP contribution in [0.25, 0.3) is 0 Å². The van der Waals surface area contributed by atoms with Gasteiger partial charge in [0.05, 0.1) is 16.0 Å². The predicted octanol–water partition coefficient (Wildman–Crippen LogP) is 5.27. The minimum absolute atomic E-state index is 0.0904. The van der Waals surface area contributed by atoms with Gasteiger partial charge in [-0.3, -0.25) is 10.1 Å². The lowest BCUT2D eigenvalue weighted by Crippen LogP contribution is -2.34. The Morgan fingerprint density at radius 3 is 2.39 bits per heavy atom. The predicted molar refractivity (Wildman–Crippen MR) is 150 cm³/mol. The highest BCUT2D eigenvalue weighted by Crippen LogP contribution is 2.26. The first-order valence-corrected chi connectivity index (χ1v) is 14.1. The zero-order valence-electron chi connectivity index (χ0n) is 20.0. The van der Waals surface area contributed by atoms with Crippen molar-refractivity contribution in [3.8, 4) is 5.75 Å². The number of nitrogens with one attached hydrogen (secondary N) is 3. The number of hydrogen-bond acceptors (Lipinski definition) is 5. The zero-order valence-corrected chi connectivity index (χ0v) is 23.2. The van der Waals surface area contributed by atoms with Crippen molar-refractivity contribution in [3.05, 3.63) is 88.4 Å². The molecule has 0 bridgehead atoms. The molecule has 0 spiro atoms. The summed E-state index contributed by atoms with van der Waals surface area (Å²) in [6.45, 7) is 4.22. The molecule has 3 aromatic rings. The van der Waals surface area contributed by atoms with E-state index >= 15 is 0 Å². The first-order valence-electron chi connectivity index (χ1n) is 11.4. The second kappa shape index (κ2) is 13.0. The Morgan fingerprint density at radius 2 is 1.75 bits per heavy atom. The van der Waals surface area contributed by atoms with Crippen LogP contribution >= 0.6 is 28.1 Å². The van der Waals surface area contributed by atoms with Gasteiger partial charge in [0.2, 0.25) is 10.0 Å². The number of hydrogen-bond donors (Lipinski definition) is 3. The number of rotatable bonds is 10. The second-order valence-electron chi connectivity index (χ2n) is 8.09. The van der Waals surface area contributed by atoms with Crippen LogP contribution in [0.1, 0.15) is 36.2 Å². The van der Waals surface area contributed by atoms with Crippen LogP contribution in [0.4, 0.5) is 5.69 Å². The fourth-order valence-corrected chi connectivity index (χ4v) is 5.18. The molecule has 3 N–H and O–H groups in total. The van der Waals surface area contributed by atoms with E-state index in [1.807, 2.05) is 37.3 Å². The number of anilines is 1. The summed E-state index contributed by atoms with van der Waals surface area (Å²) < 4.78 is 33.9. The van der Waals surface area contributed by atoms with Crippen molar-refractivity contribution in [2.24, 2.45) is 0 Å². The molecule has 1 unspecified atom stereocenters. The van der Waals surface area contributed by atoms with Gasteiger partial charge in [0.15, 0.2) is 5.11 Å². The summed E-state index contributed by atoms with van der Waals surface area (Å²) in [7, 11) is -3.59. The van der Waals surface area contributed by atoms with E-state index in [9.17, 15) is 13.2 Å². The fraction of sp³-hybridized carbons (Fsp3) is 0.231. The molecule has 0 fully saturated rings. The monoisotopic (exact) mass is 589 g/mol. The van der Waals surface area contributed by atoms with Crippen molar-refractivity contribution in [1.82, 2.24) is 10.0 Å². The molecule has 0 aliphatic heterocycles. The number of ether oxygens (including phenoxy) is 1. The van der Waals surface area contributed by atoms with E-state index in [1.165, 1.54) is 17.7 Å². The molecule has 0 radical (unpaired) electrons. The standard InChI is InChI=1S/C26H28BrN3O4S2/c1-3-18(2)30-36(32,33)22-12-10-21(11-13-22)28-26(35)29-25(31)20-9-14-24(23(27)17-20)34-16-15-19-7-5-4-6-8-19/h4-14,17-18,30H,3,15-16H2,1-2H3,(H2,28,29,31,35). The van der Waals surface area contributed by atoms with Crippen molar-refractivity contribution in [3.63, 3.8) is 0 Å². The van der Waals surface area contributed by atoms with E-state index in [-0.39, 0.29) is 22.0 Å². The molecule has 0 heterocycles. The summed E-state index contributed by atoms with van der Waals surface area (Å²) >= 11 is 8.70. The van der Waals surface area contributed by atoms with Crippen LogP contribution < -0.4 is 20.1 Å². The summed E-state index contributed by atoms with van der Waals surface area (Å²) in [6, 6.07) is 21.1. The normalized spacial score (nSPS) is 12.0. The van der Waals surface area contributed by atoms with Gasteiger partial charge >= 0.3 is 0 Å². The molecule has 1 amide bonds. The first kappa shape index (κ1) is 27.8. The van der Waals surface area contributed by atoms with Crippen LogP contribution in [0.2, 0.25) is 0 Å². The molecular weight excluding hydrogens is 562 g/mol. The molecule has 190 valence electrons. The van der Waals surface area contributed by atoms with Crippen LogP contribution in [-0.2, 0) is 16.4 Å². The summed E-state index contributed by atoms with van der Waals surface area (Å²) in [5.41, 5.74) is 2.13. The molecule has 1 atom stereocenters. The van der Waals surface area contributed by atoms with Gasteiger partial charge in [0.1, 0.15) is 5.75 Å². The minimum Gasteiger partial charge on any atom is -0.492 e. The number of thiocarbonyl (C=S) groups is 1. The summed E-state index contributed by atoms with van der Waals surface area (Å²) in [5, 5.41) is 5.60. The van der Waals surface area contributed by atoms with Gasteiger partial charge < -0.3 is 10.1 Å². The van der Waals surface area contributed by atoms with Gasteiger partial charge in [-0.25, -0.2) is 13.1 Å². The Labute approximate surface area is 225 Å². The maximum absolute atomic E-state index is 12.6. The van der Waals surface area contributed by atoms with Crippen molar-refractivity contribution in [1.29, 1.82) is 0 Å². The lowest BCUT2D eigenvalue weighted by Gasteiger charge is -2.13. The third kappa shape index (κ3) is 8.12. The highest BCUT2D eigenvalue weighted by atomic mass is 79.9. The van der Waals surface area contributed by atoms with Crippen molar-refractivity contribution in [2.45, 2.75) is 37.6 Å². The third-order valence-electron chi connectivity index (χ3n) is 5.30. The highest BCUT2D eigenvalue weighted by Gasteiger charge is 2.16. The van der Waals surface area contributed by atoms with Gasteiger partial charge in [-0.1, -0.05) is 37.3 Å². The summed E-state index contributed by atoms with van der Waals surface area (Å²) in [4.78, 5) is 12.8. The van der Waals surface area contributed by atoms with E-state index in [0.29, 0.717) is 34.5 Å². The molecule has 0 saturated carbocycles. The molecule has 0 saturated heterocycles. The van der Waals surface area contributed by atoms with Gasteiger partial charge in [-0.15, -0.1) is 0 Å². The Hall–Kier alpha value is -2.79. The highest BCUT2D eigenvalue weighted by molar-refractivity contribution is 9.10. The van der Waals surface area contributed by atoms with E-state index in [2.05, 4.69) is 31.3 Å². The van der Waals surface area contributed by atoms with E-state index in [0.717, 1.165) is 6.42 Å². The maximum atomic E-state index is 12.6. The molecule has 10 heteroatoms. The van der Waals surface area contributed by atoms with Crippen molar-refractivity contribution >= 4 is 54.9 Å². The van der Waals surface area contributed by atoms with E-state index in [4.69, 9.17) is 17.0 Å². The number of carbonyl (C=O) groups is 1. The van der Waals surface area contributed by atoms with Crippen LogP contribution in [0, 0.1) is 0 Å². The number of sulfonamides is 1. The Bertz CT molecular complexity index is 1300. The van der Waals surface area contributed by atoms with E-state index in [1.54, 1.807) is 37.3 Å². The zero-order chi connectivity index (χ0) is 26.1. The largest absolute Gasteiger partial charge is 0.492 e. The maximum Gasteiger partial charge on any atom is 0.257 e. The molecule has 7 nitrogen and oxygen atoms in total. The van der Waals surface area contributed by atoms with Crippen LogP contribution in [-0.4, -0.2) is 32.1 Å². The average molecular weight is 591 g/mol. The van der Waals surface area contributed by atoms with Crippen molar-refractivity contribution < 1.29 is 17.9 Å². The Morgan fingerprint density at radius 1 is 1.06 bits per heavy atom. The average Bonchev–Trinajstić information content (AvgIpc) is 2.85. The minimum atomic E-state index is -3.59. The SMILES string of the molecule is CCC(C)NS(=O)(=O)c1ccc(NC(=S)NC(=O)c2ccc(OCCc3ccccc3)c(Br)c2)cc1. The lowest BCUT2D eigenvalue weighted by atomic mass is 10.2. The summed E-state index contributed by atoms with van der Waals surface area (Å²) in [5.74, 6) is 0.252. The van der Waals surface area contributed by atoms with Gasteiger partial charge in [-0.05, 0) is 89.5 Å². The topological polar surface area (TPSA) is 96.5 Å². The fourth-order valence-electron chi connectivity index (χ4n) is 3.15. The lowest BCUT2D eigenvalue weighted by molar-refractivity contribution is 0.0977. The smallest absolute Gasteiger partial charge is 0.257 e. The van der Waals surface area contributed by atoms with Gasteiger partial charge in [0.25, 0.3) is 5.91 Å². The van der Waals surface area contributed by atoms with Crippen LogP contribution in [0.15, 0.2) is 82.2 Å². The molecule has 3 rings (SSSR count). The van der Waals surface area contributed by atoms with Gasteiger partial charge in [-0.2, -0.15) is 0 Å². The second-order valence-corrected chi connectivity index (χ2v) is 11.1. The van der Waals surface area contributed by atoms with Crippen molar-refractivity contribution in [2.75, 3.05) is 11.9 Å². The quantitative estimate of drug-likeness (QED) is 0.279. The number of halogens is 1. The third-order valence-corrected chi connectivity index (χ3v) is 7.73. The van der Waals surface area contributed by atoms with Gasteiger partial charge in [0, 0.05) is 23.7 Å². The molecule has 36 heavy (non-hydrogen) atoms. The Kier molecular flexibility index (Phi) is 10.0. The van der Waals surface area contributed by atoms with E-state index < -0.39 is 10.0 Å². The molecule has 3 aromatic carbocycles. The number of carbonyl (C=O) groups excluding carboxylic acids is 1.